The molecule has 100 valence electrons. The Hall–Kier alpha value is -1.40. The number of esters is 1. The van der Waals surface area contributed by atoms with Crippen LogP contribution in [0.25, 0.3) is 0 Å². The second-order valence-electron chi connectivity index (χ2n) is 4.42. The lowest BCUT2D eigenvalue weighted by molar-refractivity contribution is -0.153. The zero-order valence-electron chi connectivity index (χ0n) is 10.8. The fourth-order valence-electron chi connectivity index (χ4n) is 2.13. The monoisotopic (exact) mass is 253 g/mol. The van der Waals surface area contributed by atoms with Crippen molar-refractivity contribution >= 4 is 5.97 Å². The second-order valence-corrected chi connectivity index (χ2v) is 4.42. The number of ether oxygens (including phenoxy) is 2. The zero-order chi connectivity index (χ0) is 13.0. The van der Waals surface area contributed by atoms with Gasteiger partial charge in [0.1, 0.15) is 6.04 Å². The van der Waals surface area contributed by atoms with Crippen molar-refractivity contribution in [2.45, 2.75) is 12.5 Å². The Morgan fingerprint density at radius 3 is 3.17 bits per heavy atom. The average Bonchev–Trinajstić information content (AvgIpc) is 2.81. The SMILES string of the molecule is COC(=O)C1COCCN1CCc1cnn(C)c1. The van der Waals surface area contributed by atoms with Crippen LogP contribution >= 0.6 is 0 Å². The van der Waals surface area contributed by atoms with Crippen molar-refractivity contribution in [3.63, 3.8) is 0 Å². The molecule has 0 spiro atoms. The average molecular weight is 253 g/mol. The predicted molar refractivity (Wildman–Crippen MR) is 65.1 cm³/mol. The lowest BCUT2D eigenvalue weighted by Crippen LogP contribution is -2.50. The summed E-state index contributed by atoms with van der Waals surface area (Å²) < 4.78 is 11.9. The van der Waals surface area contributed by atoms with Crippen LogP contribution in [0.1, 0.15) is 5.56 Å². The van der Waals surface area contributed by atoms with Gasteiger partial charge < -0.3 is 9.47 Å². The molecule has 0 amide bonds. The van der Waals surface area contributed by atoms with Gasteiger partial charge in [0.25, 0.3) is 0 Å². The number of methoxy groups -OCH3 is 1. The quantitative estimate of drug-likeness (QED) is 0.698. The van der Waals surface area contributed by atoms with Crippen molar-refractivity contribution in [1.29, 1.82) is 0 Å². The summed E-state index contributed by atoms with van der Waals surface area (Å²) in [5, 5.41) is 4.13. The van der Waals surface area contributed by atoms with Crippen LogP contribution in [0.2, 0.25) is 0 Å². The number of rotatable bonds is 4. The largest absolute Gasteiger partial charge is 0.468 e. The third-order valence-electron chi connectivity index (χ3n) is 3.16. The van der Waals surface area contributed by atoms with E-state index in [1.54, 1.807) is 4.68 Å². The normalized spacial score (nSPS) is 20.9. The predicted octanol–water partition coefficient (Wildman–Crippen LogP) is -0.164. The van der Waals surface area contributed by atoms with E-state index in [4.69, 9.17) is 9.47 Å². The third kappa shape index (κ3) is 3.08. The first kappa shape index (κ1) is 13.0. The highest BCUT2D eigenvalue weighted by Crippen LogP contribution is 2.10. The van der Waals surface area contributed by atoms with Crippen LogP contribution in [0.3, 0.4) is 0 Å². The first-order valence-electron chi connectivity index (χ1n) is 6.08. The number of carbonyl (C=O) groups is 1. The minimum atomic E-state index is -0.277. The van der Waals surface area contributed by atoms with E-state index < -0.39 is 0 Å². The number of morpholine rings is 1. The number of hydrogen-bond donors (Lipinski definition) is 0. The summed E-state index contributed by atoms with van der Waals surface area (Å²) in [5.41, 5.74) is 1.17. The van der Waals surface area contributed by atoms with Crippen molar-refractivity contribution in [1.82, 2.24) is 14.7 Å². The Morgan fingerprint density at radius 2 is 2.50 bits per heavy atom. The summed E-state index contributed by atoms with van der Waals surface area (Å²) in [6.07, 6.45) is 4.72. The van der Waals surface area contributed by atoms with Gasteiger partial charge in [-0.1, -0.05) is 0 Å². The van der Waals surface area contributed by atoms with E-state index in [-0.39, 0.29) is 12.0 Å². The summed E-state index contributed by atoms with van der Waals surface area (Å²) in [5.74, 6) is -0.221. The molecule has 0 N–H and O–H groups in total. The maximum atomic E-state index is 11.6. The summed E-state index contributed by atoms with van der Waals surface area (Å²) in [7, 11) is 3.31. The third-order valence-corrected chi connectivity index (χ3v) is 3.16. The molecule has 0 bridgehead atoms. The first-order valence-corrected chi connectivity index (χ1v) is 6.08. The molecule has 0 aliphatic carbocycles. The molecule has 1 aliphatic rings. The van der Waals surface area contributed by atoms with Crippen molar-refractivity contribution < 1.29 is 14.3 Å². The van der Waals surface area contributed by atoms with E-state index in [0.29, 0.717) is 13.2 Å². The van der Waals surface area contributed by atoms with Crippen molar-refractivity contribution in [3.8, 4) is 0 Å². The van der Waals surface area contributed by atoms with Gasteiger partial charge in [-0.3, -0.25) is 14.4 Å². The van der Waals surface area contributed by atoms with Crippen LogP contribution in [0.4, 0.5) is 0 Å². The molecule has 1 saturated heterocycles. The second kappa shape index (κ2) is 5.97. The Balaban J connectivity index is 1.91. The molecule has 18 heavy (non-hydrogen) atoms. The van der Waals surface area contributed by atoms with Gasteiger partial charge in [-0.25, -0.2) is 0 Å². The highest BCUT2D eigenvalue weighted by Gasteiger charge is 2.29. The molecule has 1 fully saturated rings. The highest BCUT2D eigenvalue weighted by molar-refractivity contribution is 5.75. The van der Waals surface area contributed by atoms with Crippen LogP contribution in [0, 0.1) is 0 Å². The summed E-state index contributed by atoms with van der Waals surface area (Å²) in [6.45, 7) is 2.66. The molecule has 1 aromatic heterocycles. The maximum absolute atomic E-state index is 11.6. The molecular weight excluding hydrogens is 234 g/mol. The standard InChI is InChI=1S/C12H19N3O3/c1-14-8-10(7-13-14)3-4-15-5-6-18-9-11(15)12(16)17-2/h7-8,11H,3-6,9H2,1-2H3. The molecule has 0 aromatic carbocycles. The lowest BCUT2D eigenvalue weighted by atomic mass is 10.2. The van der Waals surface area contributed by atoms with Crippen LogP contribution in [-0.4, -0.2) is 60.1 Å². The molecule has 2 rings (SSSR count). The van der Waals surface area contributed by atoms with Crippen LogP contribution in [-0.2, 0) is 27.7 Å². The molecule has 0 radical (unpaired) electrons. The van der Waals surface area contributed by atoms with Crippen LogP contribution in [0.15, 0.2) is 12.4 Å². The maximum Gasteiger partial charge on any atom is 0.325 e. The zero-order valence-corrected chi connectivity index (χ0v) is 10.8. The summed E-state index contributed by atoms with van der Waals surface area (Å²) in [6, 6.07) is -0.277. The number of aromatic nitrogens is 2. The molecule has 1 atom stereocenters. The molecule has 6 nitrogen and oxygen atoms in total. The topological polar surface area (TPSA) is 56.6 Å². The Kier molecular flexibility index (Phi) is 4.33. The van der Waals surface area contributed by atoms with Gasteiger partial charge in [-0.2, -0.15) is 5.10 Å². The summed E-state index contributed by atoms with van der Waals surface area (Å²) >= 11 is 0. The van der Waals surface area contributed by atoms with Gasteiger partial charge in [0.05, 0.1) is 26.5 Å². The van der Waals surface area contributed by atoms with E-state index in [2.05, 4.69) is 10.00 Å². The number of carbonyl (C=O) groups excluding carboxylic acids is 1. The number of hydrogen-bond acceptors (Lipinski definition) is 5. The minimum absolute atomic E-state index is 0.221. The molecule has 1 unspecified atom stereocenters. The Morgan fingerprint density at radius 1 is 1.67 bits per heavy atom. The van der Waals surface area contributed by atoms with Gasteiger partial charge in [-0.05, 0) is 12.0 Å². The van der Waals surface area contributed by atoms with Crippen molar-refractivity contribution in [2.75, 3.05) is 33.4 Å². The summed E-state index contributed by atoms with van der Waals surface area (Å²) in [4.78, 5) is 13.7. The number of aryl methyl sites for hydroxylation is 1. The molecule has 0 saturated carbocycles. The molecular formula is C12H19N3O3. The van der Waals surface area contributed by atoms with Crippen LogP contribution < -0.4 is 0 Å². The van der Waals surface area contributed by atoms with E-state index in [0.717, 1.165) is 19.5 Å². The first-order chi connectivity index (χ1) is 8.70. The van der Waals surface area contributed by atoms with Gasteiger partial charge in [-0.15, -0.1) is 0 Å². The fourth-order valence-corrected chi connectivity index (χ4v) is 2.13. The van der Waals surface area contributed by atoms with E-state index >= 15 is 0 Å². The molecule has 1 aromatic rings. The Bertz CT molecular complexity index is 405. The van der Waals surface area contributed by atoms with E-state index in [1.165, 1.54) is 12.7 Å². The Labute approximate surface area is 106 Å². The fraction of sp³-hybridized carbons (Fsp3) is 0.667. The van der Waals surface area contributed by atoms with Gasteiger partial charge in [0, 0.05) is 26.3 Å². The van der Waals surface area contributed by atoms with Gasteiger partial charge >= 0.3 is 5.97 Å². The minimum Gasteiger partial charge on any atom is -0.468 e. The molecule has 6 heteroatoms. The van der Waals surface area contributed by atoms with Crippen molar-refractivity contribution in [2.24, 2.45) is 7.05 Å². The molecule has 2 heterocycles. The smallest absolute Gasteiger partial charge is 0.325 e. The van der Waals surface area contributed by atoms with Gasteiger partial charge in [0.15, 0.2) is 0 Å². The van der Waals surface area contributed by atoms with Crippen LogP contribution in [0.5, 0.6) is 0 Å². The highest BCUT2D eigenvalue weighted by atomic mass is 16.5. The van der Waals surface area contributed by atoms with Gasteiger partial charge in [0.2, 0.25) is 0 Å². The van der Waals surface area contributed by atoms with E-state index in [1.807, 2.05) is 19.4 Å². The van der Waals surface area contributed by atoms with Crippen molar-refractivity contribution in [3.05, 3.63) is 18.0 Å². The molecule has 1 aliphatic heterocycles. The number of nitrogens with zero attached hydrogens (tertiary/aromatic N) is 3. The lowest BCUT2D eigenvalue weighted by Gasteiger charge is -2.33. The van der Waals surface area contributed by atoms with E-state index in [9.17, 15) is 4.79 Å².